The molecule has 0 spiro atoms. The highest BCUT2D eigenvalue weighted by Crippen LogP contribution is 2.30. The molecule has 0 rings (SSSR count). The van der Waals surface area contributed by atoms with Gasteiger partial charge in [0.2, 0.25) is 5.91 Å². The van der Waals surface area contributed by atoms with Crippen molar-refractivity contribution in [1.29, 1.82) is 0 Å². The van der Waals surface area contributed by atoms with Crippen molar-refractivity contribution in [2.24, 2.45) is 11.1 Å². The fourth-order valence-corrected chi connectivity index (χ4v) is 3.41. The van der Waals surface area contributed by atoms with Crippen molar-refractivity contribution < 1.29 is 4.79 Å². The van der Waals surface area contributed by atoms with Crippen molar-refractivity contribution in [2.75, 3.05) is 0 Å². The number of carbonyl (C=O) groups is 1. The number of rotatable bonds is 16. The Hall–Kier alpha value is -0.0500. The van der Waals surface area contributed by atoms with Crippen LogP contribution in [0, 0.1) is 5.41 Å². The number of hydrogen-bond donors (Lipinski definition) is 1. The van der Waals surface area contributed by atoms with Crippen molar-refractivity contribution in [3.8, 4) is 0 Å². The topological polar surface area (TPSA) is 43.1 Å². The maximum atomic E-state index is 11.4. The summed E-state index contributed by atoms with van der Waals surface area (Å²) in [6, 6.07) is 0. The van der Waals surface area contributed by atoms with E-state index in [9.17, 15) is 4.79 Å². The molecule has 0 bridgehead atoms. The first-order valence-electron chi connectivity index (χ1n) is 9.87. The second-order valence-electron chi connectivity index (χ2n) is 7.58. The van der Waals surface area contributed by atoms with Gasteiger partial charge in [0.05, 0.1) is 5.41 Å². The van der Waals surface area contributed by atoms with Crippen LogP contribution >= 0.6 is 15.9 Å². The van der Waals surface area contributed by atoms with Crippen LogP contribution in [0.25, 0.3) is 0 Å². The molecule has 0 aliphatic rings. The molecule has 1 unspecified atom stereocenters. The molecule has 1 amide bonds. The molecule has 2 N–H and O–H groups in total. The largest absolute Gasteiger partial charge is 0.369 e. The molecule has 1 atom stereocenters. The van der Waals surface area contributed by atoms with Crippen LogP contribution in [-0.2, 0) is 4.79 Å². The van der Waals surface area contributed by atoms with Crippen molar-refractivity contribution in [1.82, 2.24) is 0 Å². The highest BCUT2D eigenvalue weighted by molar-refractivity contribution is 9.09. The quantitative estimate of drug-likeness (QED) is 0.230. The van der Waals surface area contributed by atoms with Crippen LogP contribution in [-0.4, -0.2) is 10.7 Å². The first-order chi connectivity index (χ1) is 10.9. The van der Waals surface area contributed by atoms with E-state index in [0.29, 0.717) is 0 Å². The minimum Gasteiger partial charge on any atom is -0.369 e. The Morgan fingerprint density at radius 1 is 0.826 bits per heavy atom. The summed E-state index contributed by atoms with van der Waals surface area (Å²) >= 11 is 3.63. The Kier molecular flexibility index (Phi) is 14.3. The van der Waals surface area contributed by atoms with Crippen LogP contribution in [0.1, 0.15) is 111 Å². The van der Waals surface area contributed by atoms with E-state index in [1.165, 1.54) is 83.5 Å². The van der Waals surface area contributed by atoms with E-state index in [4.69, 9.17) is 5.73 Å². The van der Waals surface area contributed by atoms with Gasteiger partial charge in [0.1, 0.15) is 0 Å². The van der Waals surface area contributed by atoms with E-state index in [1.54, 1.807) is 0 Å². The van der Waals surface area contributed by atoms with Gasteiger partial charge in [0.15, 0.2) is 0 Å². The van der Waals surface area contributed by atoms with Gasteiger partial charge in [0.25, 0.3) is 0 Å². The number of halogens is 1. The number of alkyl halides is 1. The molecule has 0 heterocycles. The Bertz CT molecular complexity index is 291. The first-order valence-corrected chi connectivity index (χ1v) is 10.8. The summed E-state index contributed by atoms with van der Waals surface area (Å²) in [6.45, 7) is 6.13. The molecular formula is C20H40BrNO. The normalized spacial score (nSPS) is 13.2. The van der Waals surface area contributed by atoms with Crippen LogP contribution in [0.4, 0.5) is 0 Å². The van der Waals surface area contributed by atoms with E-state index in [-0.39, 0.29) is 10.7 Å². The van der Waals surface area contributed by atoms with E-state index >= 15 is 0 Å². The summed E-state index contributed by atoms with van der Waals surface area (Å²) in [5.41, 5.74) is 5.00. The van der Waals surface area contributed by atoms with Crippen molar-refractivity contribution in [2.45, 2.75) is 115 Å². The molecule has 0 radical (unpaired) electrons. The van der Waals surface area contributed by atoms with Gasteiger partial charge in [-0.15, -0.1) is 0 Å². The van der Waals surface area contributed by atoms with Gasteiger partial charge in [-0.1, -0.05) is 106 Å². The van der Waals surface area contributed by atoms with Gasteiger partial charge in [-0.25, -0.2) is 0 Å². The van der Waals surface area contributed by atoms with Crippen molar-refractivity contribution in [3.63, 3.8) is 0 Å². The molecule has 23 heavy (non-hydrogen) atoms. The van der Waals surface area contributed by atoms with Gasteiger partial charge in [-0.2, -0.15) is 0 Å². The monoisotopic (exact) mass is 389 g/mol. The van der Waals surface area contributed by atoms with E-state index in [1.807, 2.05) is 13.8 Å². The number of nitrogens with two attached hydrogens (primary N) is 1. The lowest BCUT2D eigenvalue weighted by atomic mass is 9.86. The van der Waals surface area contributed by atoms with Crippen LogP contribution < -0.4 is 5.73 Å². The third-order valence-corrected chi connectivity index (χ3v) is 6.58. The van der Waals surface area contributed by atoms with E-state index < -0.39 is 5.41 Å². The second-order valence-corrected chi connectivity index (χ2v) is 8.69. The van der Waals surface area contributed by atoms with Crippen molar-refractivity contribution >= 4 is 21.8 Å². The molecule has 0 aliphatic carbocycles. The number of primary amides is 1. The summed E-state index contributed by atoms with van der Waals surface area (Å²) < 4.78 is 0. The summed E-state index contributed by atoms with van der Waals surface area (Å²) in [5, 5.41) is 0. The Morgan fingerprint density at radius 3 is 1.52 bits per heavy atom. The Labute approximate surface area is 153 Å². The lowest BCUT2D eigenvalue weighted by molar-refractivity contribution is -0.125. The smallest absolute Gasteiger partial charge is 0.224 e. The number of hydrogen-bond acceptors (Lipinski definition) is 1. The zero-order valence-corrected chi connectivity index (χ0v) is 17.4. The third-order valence-electron chi connectivity index (χ3n) is 4.98. The first kappa shape index (κ1) is 22.9. The molecule has 0 saturated heterocycles. The number of carbonyl (C=O) groups excluding carboxylic acids is 1. The highest BCUT2D eigenvalue weighted by Gasteiger charge is 2.32. The molecule has 3 heteroatoms. The summed E-state index contributed by atoms with van der Waals surface area (Å²) in [5.74, 6) is -0.214. The third kappa shape index (κ3) is 12.0. The summed E-state index contributed by atoms with van der Waals surface area (Å²) in [7, 11) is 0. The van der Waals surface area contributed by atoms with Crippen molar-refractivity contribution in [3.05, 3.63) is 0 Å². The predicted molar refractivity (Wildman–Crippen MR) is 106 cm³/mol. The van der Waals surface area contributed by atoms with Gasteiger partial charge in [-0.05, 0) is 20.3 Å². The molecule has 0 fully saturated rings. The van der Waals surface area contributed by atoms with E-state index in [2.05, 4.69) is 22.9 Å². The molecule has 2 nitrogen and oxygen atoms in total. The Balaban J connectivity index is 3.32. The average molecular weight is 390 g/mol. The van der Waals surface area contributed by atoms with Gasteiger partial charge < -0.3 is 5.73 Å². The molecule has 0 aromatic carbocycles. The molecular weight excluding hydrogens is 350 g/mol. The van der Waals surface area contributed by atoms with Crippen LogP contribution in [0.2, 0.25) is 0 Å². The zero-order valence-electron chi connectivity index (χ0n) is 15.8. The molecule has 0 aromatic rings. The summed E-state index contributed by atoms with van der Waals surface area (Å²) in [4.78, 5) is 11.6. The average Bonchev–Trinajstić information content (AvgIpc) is 2.51. The minimum absolute atomic E-state index is 0.195. The zero-order chi connectivity index (χ0) is 17.6. The van der Waals surface area contributed by atoms with Gasteiger partial charge in [0, 0.05) is 4.83 Å². The van der Waals surface area contributed by atoms with E-state index in [0.717, 1.165) is 6.42 Å². The van der Waals surface area contributed by atoms with Gasteiger partial charge in [-0.3, -0.25) is 4.79 Å². The minimum atomic E-state index is -0.447. The molecule has 0 aliphatic heterocycles. The fourth-order valence-electron chi connectivity index (χ4n) is 2.86. The second kappa shape index (κ2) is 14.3. The molecule has 138 valence electrons. The molecule has 0 aromatic heterocycles. The maximum Gasteiger partial charge on any atom is 0.224 e. The van der Waals surface area contributed by atoms with Gasteiger partial charge >= 0.3 is 0 Å². The van der Waals surface area contributed by atoms with Crippen LogP contribution in [0.5, 0.6) is 0 Å². The highest BCUT2D eigenvalue weighted by atomic mass is 79.9. The maximum absolute atomic E-state index is 11.4. The lowest BCUT2D eigenvalue weighted by Crippen LogP contribution is -2.38. The standard InChI is InChI=1S/C20H40BrNO/c1-4-5-6-7-8-9-10-11-12-13-14-15-16-17-18(21)20(2,3)19(22)23/h18H,4-17H2,1-3H3,(H2,22,23). The fraction of sp³-hybridized carbons (Fsp3) is 0.950. The lowest BCUT2D eigenvalue weighted by Gasteiger charge is -2.26. The van der Waals surface area contributed by atoms with Crippen LogP contribution in [0.15, 0.2) is 0 Å². The SMILES string of the molecule is CCCCCCCCCCCCCCCC(Br)C(C)(C)C(N)=O. The number of amides is 1. The predicted octanol–water partition coefficient (Wildman–Crippen LogP) is 6.74. The Morgan fingerprint density at radius 2 is 1.17 bits per heavy atom. The number of unbranched alkanes of at least 4 members (excludes halogenated alkanes) is 12. The summed E-state index contributed by atoms with van der Waals surface area (Å²) in [6.07, 6.45) is 18.9. The van der Waals surface area contributed by atoms with Crippen LogP contribution in [0.3, 0.4) is 0 Å². The molecule has 0 saturated carbocycles.